The Morgan fingerprint density at radius 1 is 1.92 bits per heavy atom. The highest BCUT2D eigenvalue weighted by atomic mass is 16.5. The molecule has 66 valence electrons. The van der Waals surface area contributed by atoms with Gasteiger partial charge in [-0.1, -0.05) is 0 Å². The first-order chi connectivity index (χ1) is 5.72. The second-order valence-corrected chi connectivity index (χ2v) is 2.15. The largest absolute Gasteiger partial charge is 0.368 e. The normalized spacial score (nSPS) is 11.7. The lowest BCUT2D eigenvalue weighted by Crippen LogP contribution is -2.28. The lowest BCUT2D eigenvalue weighted by Gasteiger charge is -1.93. The summed E-state index contributed by atoms with van der Waals surface area (Å²) in [4.78, 5) is 7.62. The average Bonchev–Trinajstić information content (AvgIpc) is 2.47. The van der Waals surface area contributed by atoms with Crippen molar-refractivity contribution in [2.24, 2.45) is 17.8 Å². The minimum atomic E-state index is -0.0533. The summed E-state index contributed by atoms with van der Waals surface area (Å²) in [5.41, 5.74) is 6.86. The standard InChI is InChI=1S/C5H10N6O/c1-11-3-8-4(9-11)2-7-5(6)10-12/h3,12H,2H2,1H3,(H3,6,7,10). The van der Waals surface area contributed by atoms with E-state index in [9.17, 15) is 0 Å². The molecule has 0 radical (unpaired) electrons. The molecule has 0 aliphatic rings. The van der Waals surface area contributed by atoms with Crippen LogP contribution in [0, 0.1) is 0 Å². The molecule has 1 heterocycles. The lowest BCUT2D eigenvalue weighted by atomic mass is 10.6. The van der Waals surface area contributed by atoms with Crippen molar-refractivity contribution < 1.29 is 5.21 Å². The number of aromatic nitrogens is 3. The van der Waals surface area contributed by atoms with Gasteiger partial charge >= 0.3 is 0 Å². The van der Waals surface area contributed by atoms with Crippen LogP contribution in [-0.4, -0.2) is 25.9 Å². The molecule has 0 spiro atoms. The molecule has 1 rings (SSSR count). The first-order valence-corrected chi connectivity index (χ1v) is 3.27. The molecule has 4 N–H and O–H groups in total. The predicted octanol–water partition coefficient (Wildman–Crippen LogP) is -1.39. The molecule has 0 fully saturated rings. The zero-order valence-corrected chi connectivity index (χ0v) is 6.60. The third-order valence-electron chi connectivity index (χ3n) is 1.15. The number of nitrogens with two attached hydrogens (primary N) is 1. The van der Waals surface area contributed by atoms with Crippen molar-refractivity contribution in [1.82, 2.24) is 20.2 Å². The van der Waals surface area contributed by atoms with Gasteiger partial charge in [0, 0.05) is 7.05 Å². The summed E-state index contributed by atoms with van der Waals surface area (Å²) in [5.74, 6) is 0.498. The van der Waals surface area contributed by atoms with E-state index in [2.05, 4.69) is 15.1 Å². The Hall–Kier alpha value is -1.63. The molecule has 0 atom stereocenters. The van der Waals surface area contributed by atoms with Gasteiger partial charge in [-0.15, -0.1) is 0 Å². The zero-order chi connectivity index (χ0) is 8.97. The molecular formula is C5H10N6O. The molecule has 1 aromatic rings. The van der Waals surface area contributed by atoms with Gasteiger partial charge in [0.05, 0.1) is 0 Å². The molecule has 0 bridgehead atoms. The Balaban J connectivity index is 2.53. The maximum atomic E-state index is 8.27. The summed E-state index contributed by atoms with van der Waals surface area (Å²) in [5, 5.41) is 12.2. The van der Waals surface area contributed by atoms with Crippen LogP contribution < -0.4 is 11.2 Å². The van der Waals surface area contributed by atoms with Crippen molar-refractivity contribution in [3.8, 4) is 0 Å². The molecule has 0 saturated carbocycles. The molecule has 7 heteroatoms. The van der Waals surface area contributed by atoms with Crippen LogP contribution in [0.25, 0.3) is 0 Å². The van der Waals surface area contributed by atoms with E-state index in [0.717, 1.165) is 0 Å². The fourth-order valence-corrected chi connectivity index (χ4v) is 0.648. The van der Waals surface area contributed by atoms with Gasteiger partial charge in [0.1, 0.15) is 12.9 Å². The topological polar surface area (TPSA) is 101 Å². The van der Waals surface area contributed by atoms with Gasteiger partial charge < -0.3 is 5.73 Å². The number of aryl methyl sites for hydroxylation is 1. The Labute approximate surface area is 68.9 Å². The van der Waals surface area contributed by atoms with Gasteiger partial charge in [-0.3, -0.25) is 9.89 Å². The van der Waals surface area contributed by atoms with Crippen molar-refractivity contribution >= 4 is 5.96 Å². The fraction of sp³-hybridized carbons (Fsp3) is 0.400. The number of rotatable bonds is 2. The number of nitrogens with one attached hydrogen (secondary N) is 1. The van der Waals surface area contributed by atoms with E-state index in [0.29, 0.717) is 5.82 Å². The molecule has 7 nitrogen and oxygen atoms in total. The van der Waals surface area contributed by atoms with Crippen LogP contribution in [0.2, 0.25) is 0 Å². The van der Waals surface area contributed by atoms with Gasteiger partial charge in [0.15, 0.2) is 5.82 Å². The Kier molecular flexibility index (Phi) is 2.59. The zero-order valence-electron chi connectivity index (χ0n) is 6.60. The van der Waals surface area contributed by atoms with Gasteiger partial charge in [-0.05, 0) is 0 Å². The van der Waals surface area contributed by atoms with Gasteiger partial charge in [-0.25, -0.2) is 15.5 Å². The van der Waals surface area contributed by atoms with Gasteiger partial charge in [-0.2, -0.15) is 5.10 Å². The Bertz CT molecular complexity index is 279. The highest BCUT2D eigenvalue weighted by molar-refractivity contribution is 5.76. The van der Waals surface area contributed by atoms with E-state index < -0.39 is 0 Å². The third-order valence-corrected chi connectivity index (χ3v) is 1.15. The van der Waals surface area contributed by atoms with Crippen LogP contribution in [0.15, 0.2) is 11.3 Å². The van der Waals surface area contributed by atoms with Gasteiger partial charge in [0.25, 0.3) is 0 Å². The molecule has 0 aliphatic carbocycles. The summed E-state index contributed by atoms with van der Waals surface area (Å²) in [6.45, 7) is 0.250. The summed E-state index contributed by atoms with van der Waals surface area (Å²) >= 11 is 0. The SMILES string of the molecule is Cn1cnc(CN=C(N)NO)n1. The molecule has 0 aromatic carbocycles. The van der Waals surface area contributed by atoms with Crippen LogP contribution in [0.3, 0.4) is 0 Å². The van der Waals surface area contributed by atoms with Crippen molar-refractivity contribution in [2.45, 2.75) is 6.54 Å². The summed E-state index contributed by atoms with van der Waals surface area (Å²) in [6, 6.07) is 0. The van der Waals surface area contributed by atoms with Crippen molar-refractivity contribution in [3.63, 3.8) is 0 Å². The van der Waals surface area contributed by atoms with E-state index in [-0.39, 0.29) is 12.5 Å². The van der Waals surface area contributed by atoms with Crippen molar-refractivity contribution in [2.75, 3.05) is 0 Å². The average molecular weight is 170 g/mol. The second kappa shape index (κ2) is 3.67. The van der Waals surface area contributed by atoms with Crippen molar-refractivity contribution in [3.05, 3.63) is 12.2 Å². The van der Waals surface area contributed by atoms with Crippen LogP contribution >= 0.6 is 0 Å². The molecular weight excluding hydrogens is 160 g/mol. The molecule has 0 aliphatic heterocycles. The molecule has 12 heavy (non-hydrogen) atoms. The fourth-order valence-electron chi connectivity index (χ4n) is 0.648. The van der Waals surface area contributed by atoms with E-state index in [1.165, 1.54) is 0 Å². The summed E-state index contributed by atoms with van der Waals surface area (Å²) in [6.07, 6.45) is 1.56. The van der Waals surface area contributed by atoms with Crippen molar-refractivity contribution in [1.29, 1.82) is 0 Å². The first kappa shape index (κ1) is 8.47. The summed E-state index contributed by atoms with van der Waals surface area (Å²) < 4.78 is 1.56. The number of hydroxylamine groups is 1. The smallest absolute Gasteiger partial charge is 0.213 e. The van der Waals surface area contributed by atoms with Crippen LogP contribution in [0.1, 0.15) is 5.82 Å². The maximum Gasteiger partial charge on any atom is 0.213 e. The second-order valence-electron chi connectivity index (χ2n) is 2.15. The molecule has 0 amide bonds. The number of nitrogens with zero attached hydrogens (tertiary/aromatic N) is 4. The highest BCUT2D eigenvalue weighted by Crippen LogP contribution is 1.89. The maximum absolute atomic E-state index is 8.27. The molecule has 0 saturated heterocycles. The Morgan fingerprint density at radius 2 is 2.67 bits per heavy atom. The highest BCUT2D eigenvalue weighted by Gasteiger charge is 1.96. The monoisotopic (exact) mass is 170 g/mol. The molecule has 1 aromatic heterocycles. The number of aliphatic imine (C=N–C) groups is 1. The minimum absolute atomic E-state index is 0.0533. The Morgan fingerprint density at radius 3 is 3.17 bits per heavy atom. The summed E-state index contributed by atoms with van der Waals surface area (Å²) in [7, 11) is 1.76. The predicted molar refractivity (Wildman–Crippen MR) is 41.3 cm³/mol. The number of guanidine groups is 1. The number of hydrogen-bond acceptors (Lipinski definition) is 4. The first-order valence-electron chi connectivity index (χ1n) is 3.27. The van der Waals surface area contributed by atoms with E-state index in [1.807, 2.05) is 0 Å². The number of hydrogen-bond donors (Lipinski definition) is 3. The lowest BCUT2D eigenvalue weighted by molar-refractivity contribution is 0.232. The van der Waals surface area contributed by atoms with Crippen LogP contribution in [0.5, 0.6) is 0 Å². The third kappa shape index (κ3) is 2.20. The van der Waals surface area contributed by atoms with Gasteiger partial charge in [0.2, 0.25) is 5.96 Å². The van der Waals surface area contributed by atoms with Crippen LogP contribution in [0.4, 0.5) is 0 Å². The van der Waals surface area contributed by atoms with Crippen LogP contribution in [-0.2, 0) is 13.6 Å². The van der Waals surface area contributed by atoms with E-state index >= 15 is 0 Å². The minimum Gasteiger partial charge on any atom is -0.368 e. The molecule has 0 unspecified atom stereocenters. The van der Waals surface area contributed by atoms with E-state index in [1.54, 1.807) is 23.5 Å². The quantitative estimate of drug-likeness (QED) is 0.288. The van der Waals surface area contributed by atoms with E-state index in [4.69, 9.17) is 10.9 Å².